The summed E-state index contributed by atoms with van der Waals surface area (Å²) >= 11 is 0. The van der Waals surface area contributed by atoms with Gasteiger partial charge in [0.1, 0.15) is 0 Å². The lowest BCUT2D eigenvalue weighted by Gasteiger charge is -2.26. The number of nitrogens with one attached hydrogen (secondary N) is 2. The van der Waals surface area contributed by atoms with Crippen molar-refractivity contribution in [2.75, 3.05) is 38.0 Å². The number of hydrogen-bond acceptors (Lipinski definition) is 4. The molecule has 0 saturated carbocycles. The molecule has 3 amide bonds. The molecule has 0 aromatic heterocycles. The quantitative estimate of drug-likeness (QED) is 0.777. The van der Waals surface area contributed by atoms with Gasteiger partial charge in [0, 0.05) is 51.3 Å². The van der Waals surface area contributed by atoms with Crippen molar-refractivity contribution < 1.29 is 14.4 Å². The predicted octanol–water partition coefficient (Wildman–Crippen LogP) is 1.52. The highest BCUT2D eigenvalue weighted by Crippen LogP contribution is 2.22. The maximum Gasteiger partial charge on any atom is 0.241 e. The Morgan fingerprint density at radius 1 is 1.21 bits per heavy atom. The number of carbonyl (C=O) groups is 3. The predicted molar refractivity (Wildman–Crippen MR) is 108 cm³/mol. The van der Waals surface area contributed by atoms with Crippen LogP contribution in [-0.4, -0.2) is 60.2 Å². The lowest BCUT2D eigenvalue weighted by molar-refractivity contribution is -0.132. The number of anilines is 1. The number of hydrogen-bond donors (Lipinski definition) is 2. The first kappa shape index (κ1) is 20.2. The second kappa shape index (κ2) is 9.57. The van der Waals surface area contributed by atoms with E-state index in [4.69, 9.17) is 0 Å². The first-order valence-electron chi connectivity index (χ1n) is 10.2. The fourth-order valence-electron chi connectivity index (χ4n) is 3.75. The van der Waals surface area contributed by atoms with Crippen molar-refractivity contribution in [1.29, 1.82) is 0 Å². The Labute approximate surface area is 166 Å². The Kier molecular flexibility index (Phi) is 6.90. The zero-order valence-electron chi connectivity index (χ0n) is 16.6. The van der Waals surface area contributed by atoms with E-state index in [1.807, 2.05) is 28.9 Å². The summed E-state index contributed by atoms with van der Waals surface area (Å²) in [4.78, 5) is 39.9. The highest BCUT2D eigenvalue weighted by Gasteiger charge is 2.19. The SMILES string of the molecule is CCN1Cc2cc(CCC(=O)NCC(=O)N3CCCC3)ccc2NCCC1=O. The monoisotopic (exact) mass is 386 g/mol. The molecule has 0 unspecified atom stereocenters. The maximum absolute atomic E-state index is 12.1. The summed E-state index contributed by atoms with van der Waals surface area (Å²) in [5.41, 5.74) is 3.19. The first-order valence-corrected chi connectivity index (χ1v) is 10.2. The minimum absolute atomic E-state index is 0.00217. The molecule has 3 rings (SSSR count). The molecule has 0 bridgehead atoms. The van der Waals surface area contributed by atoms with Gasteiger partial charge < -0.3 is 20.4 Å². The van der Waals surface area contributed by atoms with Gasteiger partial charge in [-0.1, -0.05) is 12.1 Å². The average molecular weight is 386 g/mol. The summed E-state index contributed by atoms with van der Waals surface area (Å²) in [7, 11) is 0. The Bertz CT molecular complexity index is 728. The van der Waals surface area contributed by atoms with Crippen molar-refractivity contribution in [3.05, 3.63) is 29.3 Å². The second-order valence-electron chi connectivity index (χ2n) is 7.44. The number of benzene rings is 1. The van der Waals surface area contributed by atoms with Crippen LogP contribution in [0.15, 0.2) is 18.2 Å². The average Bonchev–Trinajstić information content (AvgIpc) is 3.23. The molecule has 7 nitrogen and oxygen atoms in total. The number of fused-ring (bicyclic) bond motifs is 1. The van der Waals surface area contributed by atoms with Gasteiger partial charge in [-0.2, -0.15) is 0 Å². The van der Waals surface area contributed by atoms with E-state index in [0.717, 1.165) is 42.7 Å². The van der Waals surface area contributed by atoms with E-state index in [1.54, 1.807) is 0 Å². The van der Waals surface area contributed by atoms with Crippen molar-refractivity contribution in [2.24, 2.45) is 0 Å². The van der Waals surface area contributed by atoms with Crippen LogP contribution in [0.2, 0.25) is 0 Å². The molecule has 1 aromatic carbocycles. The lowest BCUT2D eigenvalue weighted by atomic mass is 10.0. The molecule has 1 aromatic rings. The van der Waals surface area contributed by atoms with Gasteiger partial charge in [-0.25, -0.2) is 0 Å². The Balaban J connectivity index is 1.52. The smallest absolute Gasteiger partial charge is 0.241 e. The zero-order chi connectivity index (χ0) is 19.9. The summed E-state index contributed by atoms with van der Waals surface area (Å²) in [5.74, 6) is 0.0539. The highest BCUT2D eigenvalue weighted by molar-refractivity contribution is 5.85. The van der Waals surface area contributed by atoms with Crippen molar-refractivity contribution in [3.8, 4) is 0 Å². The van der Waals surface area contributed by atoms with E-state index in [0.29, 0.717) is 38.9 Å². The Morgan fingerprint density at radius 2 is 2.00 bits per heavy atom. The van der Waals surface area contributed by atoms with Crippen LogP contribution in [0.1, 0.15) is 43.7 Å². The molecule has 1 fully saturated rings. The molecular weight excluding hydrogens is 356 g/mol. The van der Waals surface area contributed by atoms with E-state index in [2.05, 4.69) is 16.7 Å². The highest BCUT2D eigenvalue weighted by atomic mass is 16.2. The van der Waals surface area contributed by atoms with Crippen molar-refractivity contribution in [2.45, 2.75) is 45.6 Å². The van der Waals surface area contributed by atoms with Gasteiger partial charge in [-0.15, -0.1) is 0 Å². The summed E-state index contributed by atoms with van der Waals surface area (Å²) in [6.07, 6.45) is 3.56. The Hall–Kier alpha value is -2.57. The van der Waals surface area contributed by atoms with E-state index in [-0.39, 0.29) is 24.3 Å². The number of likely N-dealkylation sites (tertiary alicyclic amines) is 1. The number of amides is 3. The maximum atomic E-state index is 12.1. The van der Waals surface area contributed by atoms with Gasteiger partial charge >= 0.3 is 0 Å². The van der Waals surface area contributed by atoms with E-state index in [9.17, 15) is 14.4 Å². The van der Waals surface area contributed by atoms with Crippen molar-refractivity contribution in [3.63, 3.8) is 0 Å². The Morgan fingerprint density at radius 3 is 2.75 bits per heavy atom. The van der Waals surface area contributed by atoms with E-state index < -0.39 is 0 Å². The second-order valence-corrected chi connectivity index (χ2v) is 7.44. The van der Waals surface area contributed by atoms with Crippen LogP contribution in [0.5, 0.6) is 0 Å². The molecule has 0 aliphatic carbocycles. The van der Waals surface area contributed by atoms with Crippen molar-refractivity contribution in [1.82, 2.24) is 15.1 Å². The summed E-state index contributed by atoms with van der Waals surface area (Å²) in [6.45, 7) is 5.59. The first-order chi connectivity index (χ1) is 13.6. The standard InChI is InChI=1S/C21H30N4O3/c1-2-24-15-17-13-16(5-7-18(17)22-10-9-20(24)27)6-8-19(26)23-14-21(28)25-11-3-4-12-25/h5,7,13,22H,2-4,6,8-12,14-15H2,1H3,(H,23,26). The molecule has 2 heterocycles. The van der Waals surface area contributed by atoms with E-state index >= 15 is 0 Å². The summed E-state index contributed by atoms with van der Waals surface area (Å²) < 4.78 is 0. The van der Waals surface area contributed by atoms with Gasteiger partial charge in [-0.3, -0.25) is 14.4 Å². The third-order valence-corrected chi connectivity index (χ3v) is 5.46. The minimum atomic E-state index is -0.109. The number of rotatable bonds is 6. The molecule has 2 aliphatic heterocycles. The fraction of sp³-hybridized carbons (Fsp3) is 0.571. The normalized spacial score (nSPS) is 16.8. The van der Waals surface area contributed by atoms with Crippen LogP contribution in [0, 0.1) is 0 Å². The zero-order valence-corrected chi connectivity index (χ0v) is 16.6. The molecule has 152 valence electrons. The van der Waals surface area contributed by atoms with Crippen LogP contribution >= 0.6 is 0 Å². The van der Waals surface area contributed by atoms with Crippen molar-refractivity contribution >= 4 is 23.4 Å². The summed E-state index contributed by atoms with van der Waals surface area (Å²) in [6, 6.07) is 6.13. The van der Waals surface area contributed by atoms with Gasteiger partial charge in [0.25, 0.3) is 0 Å². The summed E-state index contributed by atoms with van der Waals surface area (Å²) in [5, 5.41) is 6.06. The number of aryl methyl sites for hydroxylation is 1. The van der Waals surface area contributed by atoms with Gasteiger partial charge in [0.2, 0.25) is 17.7 Å². The molecule has 0 radical (unpaired) electrons. The largest absolute Gasteiger partial charge is 0.384 e. The topological polar surface area (TPSA) is 81.8 Å². The molecular formula is C21H30N4O3. The lowest BCUT2D eigenvalue weighted by Crippen LogP contribution is -2.38. The third kappa shape index (κ3) is 5.24. The van der Waals surface area contributed by atoms with Gasteiger partial charge in [0.15, 0.2) is 0 Å². The molecule has 2 N–H and O–H groups in total. The number of carbonyl (C=O) groups excluding carboxylic acids is 3. The minimum Gasteiger partial charge on any atom is -0.384 e. The molecule has 1 saturated heterocycles. The molecule has 2 aliphatic rings. The molecule has 0 spiro atoms. The van der Waals surface area contributed by atoms with E-state index in [1.165, 1.54) is 0 Å². The van der Waals surface area contributed by atoms with Crippen LogP contribution in [-0.2, 0) is 27.3 Å². The molecule has 0 atom stereocenters. The number of nitrogens with zero attached hydrogens (tertiary/aromatic N) is 2. The van der Waals surface area contributed by atoms with Crippen LogP contribution in [0.4, 0.5) is 5.69 Å². The third-order valence-electron chi connectivity index (χ3n) is 5.46. The molecule has 28 heavy (non-hydrogen) atoms. The molecule has 7 heteroatoms. The van der Waals surface area contributed by atoms with Gasteiger partial charge in [-0.05, 0) is 43.4 Å². The van der Waals surface area contributed by atoms with Gasteiger partial charge in [0.05, 0.1) is 6.54 Å². The fourth-order valence-corrected chi connectivity index (χ4v) is 3.75. The van der Waals surface area contributed by atoms with Crippen LogP contribution < -0.4 is 10.6 Å². The van der Waals surface area contributed by atoms with Crippen LogP contribution in [0.3, 0.4) is 0 Å². The van der Waals surface area contributed by atoms with Crippen LogP contribution in [0.25, 0.3) is 0 Å².